The Morgan fingerprint density at radius 2 is 2.03 bits per heavy atom. The quantitative estimate of drug-likeness (QED) is 0.531. The SMILES string of the molecule is CCn1nccc1C(=O)N(CCCN1CCOCC1)c1nc2c(C)cc(C)cc2s1.Cl. The zero-order chi connectivity index (χ0) is 21.1. The van der Waals surface area contributed by atoms with E-state index in [9.17, 15) is 4.79 Å². The van der Waals surface area contributed by atoms with Gasteiger partial charge in [0.25, 0.3) is 5.91 Å². The minimum atomic E-state index is -0.0373. The third-order valence-electron chi connectivity index (χ3n) is 5.49. The summed E-state index contributed by atoms with van der Waals surface area (Å²) < 4.78 is 8.31. The molecule has 4 rings (SSSR count). The van der Waals surface area contributed by atoms with Crippen LogP contribution < -0.4 is 4.90 Å². The van der Waals surface area contributed by atoms with Gasteiger partial charge in [-0.2, -0.15) is 5.10 Å². The molecule has 31 heavy (non-hydrogen) atoms. The van der Waals surface area contributed by atoms with E-state index in [1.54, 1.807) is 28.3 Å². The van der Waals surface area contributed by atoms with Crippen LogP contribution in [0.4, 0.5) is 5.13 Å². The van der Waals surface area contributed by atoms with Gasteiger partial charge in [0.05, 0.1) is 23.4 Å². The molecule has 1 aliphatic heterocycles. The molecule has 0 spiro atoms. The zero-order valence-electron chi connectivity index (χ0n) is 18.3. The number of rotatable bonds is 7. The molecule has 0 bridgehead atoms. The van der Waals surface area contributed by atoms with E-state index in [1.807, 2.05) is 11.8 Å². The molecular weight excluding hydrogens is 434 g/mol. The maximum atomic E-state index is 13.5. The van der Waals surface area contributed by atoms with Gasteiger partial charge in [-0.1, -0.05) is 17.4 Å². The van der Waals surface area contributed by atoms with Gasteiger partial charge < -0.3 is 4.74 Å². The molecule has 1 amide bonds. The first-order valence-corrected chi connectivity index (χ1v) is 11.4. The minimum Gasteiger partial charge on any atom is -0.379 e. The Labute approximate surface area is 193 Å². The fourth-order valence-electron chi connectivity index (χ4n) is 3.94. The second-order valence-electron chi connectivity index (χ2n) is 7.72. The average Bonchev–Trinajstić information content (AvgIpc) is 3.38. The minimum absolute atomic E-state index is 0. The first-order chi connectivity index (χ1) is 14.6. The van der Waals surface area contributed by atoms with Crippen LogP contribution in [0.5, 0.6) is 0 Å². The number of carbonyl (C=O) groups is 1. The summed E-state index contributed by atoms with van der Waals surface area (Å²) in [5.41, 5.74) is 3.95. The maximum Gasteiger partial charge on any atom is 0.278 e. The third kappa shape index (κ3) is 5.26. The number of anilines is 1. The third-order valence-corrected chi connectivity index (χ3v) is 6.51. The Kier molecular flexibility index (Phi) is 8.05. The Balaban J connectivity index is 0.00000272. The van der Waals surface area contributed by atoms with Gasteiger partial charge in [0.15, 0.2) is 5.13 Å². The standard InChI is InChI=1S/C22H29N5O2S.ClH/c1-4-27-18(6-7-23-27)21(28)26(9-5-8-25-10-12-29-13-11-25)22-24-20-17(3)14-16(2)15-19(20)30-22;/h6-7,14-15H,4-5,8-13H2,1-3H3;1H. The highest BCUT2D eigenvalue weighted by Gasteiger charge is 2.24. The molecule has 168 valence electrons. The summed E-state index contributed by atoms with van der Waals surface area (Å²) in [6, 6.07) is 6.09. The van der Waals surface area contributed by atoms with Crippen molar-refractivity contribution in [2.75, 3.05) is 44.3 Å². The smallest absolute Gasteiger partial charge is 0.278 e. The van der Waals surface area contributed by atoms with Crippen molar-refractivity contribution in [2.24, 2.45) is 0 Å². The Bertz CT molecular complexity index is 1030. The normalized spacial score (nSPS) is 14.5. The number of nitrogens with zero attached hydrogens (tertiary/aromatic N) is 5. The number of hydrogen-bond acceptors (Lipinski definition) is 6. The molecule has 3 aromatic rings. The molecule has 2 aromatic heterocycles. The lowest BCUT2D eigenvalue weighted by Gasteiger charge is -2.27. The summed E-state index contributed by atoms with van der Waals surface area (Å²) in [7, 11) is 0. The number of thiazole rings is 1. The monoisotopic (exact) mass is 463 g/mol. The summed E-state index contributed by atoms with van der Waals surface area (Å²) >= 11 is 1.59. The summed E-state index contributed by atoms with van der Waals surface area (Å²) in [4.78, 5) is 22.6. The maximum absolute atomic E-state index is 13.5. The lowest BCUT2D eigenvalue weighted by molar-refractivity contribution is 0.0376. The van der Waals surface area contributed by atoms with Gasteiger partial charge in [-0.3, -0.25) is 19.3 Å². The van der Waals surface area contributed by atoms with E-state index in [2.05, 4.69) is 36.0 Å². The van der Waals surface area contributed by atoms with Crippen LogP contribution >= 0.6 is 23.7 Å². The largest absolute Gasteiger partial charge is 0.379 e. The van der Waals surface area contributed by atoms with E-state index < -0.39 is 0 Å². The van der Waals surface area contributed by atoms with E-state index in [4.69, 9.17) is 9.72 Å². The van der Waals surface area contributed by atoms with Crippen LogP contribution in [0.2, 0.25) is 0 Å². The lowest BCUT2D eigenvalue weighted by Crippen LogP contribution is -2.39. The number of carbonyl (C=O) groups excluding carboxylic acids is 1. The highest BCUT2D eigenvalue weighted by Crippen LogP contribution is 2.32. The number of benzene rings is 1. The molecule has 3 heterocycles. The number of halogens is 1. The predicted octanol–water partition coefficient (Wildman–Crippen LogP) is 3.92. The number of aromatic nitrogens is 3. The molecule has 0 atom stereocenters. The van der Waals surface area contributed by atoms with E-state index >= 15 is 0 Å². The first kappa shape index (κ1) is 23.7. The summed E-state index contributed by atoms with van der Waals surface area (Å²) in [6.07, 6.45) is 2.58. The van der Waals surface area contributed by atoms with Gasteiger partial charge in [-0.25, -0.2) is 4.98 Å². The number of amides is 1. The van der Waals surface area contributed by atoms with Crippen molar-refractivity contribution in [3.63, 3.8) is 0 Å². The Hall–Kier alpha value is -2.00. The fourth-order valence-corrected chi connectivity index (χ4v) is 5.11. The van der Waals surface area contributed by atoms with Crippen LogP contribution in [-0.4, -0.2) is 65.0 Å². The van der Waals surface area contributed by atoms with Crippen LogP contribution in [0.3, 0.4) is 0 Å². The van der Waals surface area contributed by atoms with Gasteiger partial charge in [0.1, 0.15) is 5.69 Å². The number of ether oxygens (including phenoxy) is 1. The number of hydrogen-bond donors (Lipinski definition) is 0. The molecule has 0 N–H and O–H groups in total. The van der Waals surface area contributed by atoms with Crippen molar-refractivity contribution in [3.8, 4) is 0 Å². The average molecular weight is 464 g/mol. The highest BCUT2D eigenvalue weighted by atomic mass is 35.5. The molecule has 1 aromatic carbocycles. The fraction of sp³-hybridized carbons (Fsp3) is 0.500. The van der Waals surface area contributed by atoms with Crippen molar-refractivity contribution in [3.05, 3.63) is 41.2 Å². The van der Waals surface area contributed by atoms with E-state index in [1.165, 1.54) is 5.56 Å². The van der Waals surface area contributed by atoms with Crippen LogP contribution in [0.1, 0.15) is 35.0 Å². The Morgan fingerprint density at radius 1 is 1.26 bits per heavy atom. The van der Waals surface area contributed by atoms with Crippen LogP contribution in [0, 0.1) is 13.8 Å². The molecule has 1 fully saturated rings. The van der Waals surface area contributed by atoms with E-state index in [0.717, 1.165) is 60.2 Å². The van der Waals surface area contributed by atoms with Gasteiger partial charge in [0, 0.05) is 38.9 Å². The zero-order valence-corrected chi connectivity index (χ0v) is 20.0. The molecule has 9 heteroatoms. The summed E-state index contributed by atoms with van der Waals surface area (Å²) in [5, 5.41) is 5.04. The summed E-state index contributed by atoms with van der Waals surface area (Å²) in [6.45, 7) is 11.9. The molecule has 1 aliphatic rings. The number of aryl methyl sites for hydroxylation is 3. The van der Waals surface area contributed by atoms with E-state index in [-0.39, 0.29) is 18.3 Å². The predicted molar refractivity (Wildman–Crippen MR) is 128 cm³/mol. The van der Waals surface area contributed by atoms with Gasteiger partial charge in [0.2, 0.25) is 0 Å². The van der Waals surface area contributed by atoms with Gasteiger partial charge in [-0.15, -0.1) is 12.4 Å². The molecule has 0 radical (unpaired) electrons. The lowest BCUT2D eigenvalue weighted by atomic mass is 10.1. The van der Waals surface area contributed by atoms with E-state index in [0.29, 0.717) is 18.8 Å². The van der Waals surface area contributed by atoms with Gasteiger partial charge >= 0.3 is 0 Å². The molecule has 7 nitrogen and oxygen atoms in total. The first-order valence-electron chi connectivity index (χ1n) is 10.6. The Morgan fingerprint density at radius 3 is 2.77 bits per heavy atom. The highest BCUT2D eigenvalue weighted by molar-refractivity contribution is 7.22. The molecule has 0 unspecified atom stereocenters. The van der Waals surface area contributed by atoms with Crippen molar-refractivity contribution < 1.29 is 9.53 Å². The second-order valence-corrected chi connectivity index (χ2v) is 8.73. The second kappa shape index (κ2) is 10.5. The molecule has 1 saturated heterocycles. The van der Waals surface area contributed by atoms with Crippen molar-refractivity contribution in [2.45, 2.75) is 33.7 Å². The van der Waals surface area contributed by atoms with Crippen LogP contribution in [0.15, 0.2) is 24.4 Å². The number of morpholine rings is 1. The van der Waals surface area contributed by atoms with Crippen LogP contribution in [-0.2, 0) is 11.3 Å². The van der Waals surface area contributed by atoms with Crippen molar-refractivity contribution in [1.29, 1.82) is 0 Å². The van der Waals surface area contributed by atoms with Crippen LogP contribution in [0.25, 0.3) is 10.2 Å². The number of fused-ring (bicyclic) bond motifs is 1. The topological polar surface area (TPSA) is 63.5 Å². The van der Waals surface area contributed by atoms with Crippen molar-refractivity contribution >= 4 is 45.0 Å². The van der Waals surface area contributed by atoms with Crippen molar-refractivity contribution in [1.82, 2.24) is 19.7 Å². The molecule has 0 aliphatic carbocycles. The van der Waals surface area contributed by atoms with Gasteiger partial charge in [-0.05, 0) is 50.5 Å². The molecular formula is C22H30ClN5O2S. The molecule has 0 saturated carbocycles. The summed E-state index contributed by atoms with van der Waals surface area (Å²) in [5.74, 6) is -0.0373.